The number of hydrogen-bond acceptors (Lipinski definition) is 5. The summed E-state index contributed by atoms with van der Waals surface area (Å²) in [4.78, 5) is 16.2. The molecule has 2 aromatic rings. The minimum Gasteiger partial charge on any atom is -0.457 e. The number of nitrogens with zero attached hydrogens (tertiary/aromatic N) is 1. The van der Waals surface area contributed by atoms with Gasteiger partial charge >= 0.3 is 5.97 Å². The standard InChI is InChI=1S/C17H11NO4/c19-17-14(18-16(22-17)11-4-2-1-3-5-11)8-12-6-7-13-9-15(12)21-10-20-13/h1-9H,10H2/b14-8-. The van der Waals surface area contributed by atoms with E-state index >= 15 is 0 Å². The third kappa shape index (κ3) is 2.22. The average molecular weight is 293 g/mol. The maximum Gasteiger partial charge on any atom is 0.363 e. The van der Waals surface area contributed by atoms with Gasteiger partial charge in [0.25, 0.3) is 0 Å². The fourth-order valence-corrected chi connectivity index (χ4v) is 2.27. The third-order valence-electron chi connectivity index (χ3n) is 3.36. The Morgan fingerprint density at radius 3 is 2.77 bits per heavy atom. The molecule has 0 fully saturated rings. The lowest BCUT2D eigenvalue weighted by molar-refractivity contribution is -0.129. The van der Waals surface area contributed by atoms with E-state index in [2.05, 4.69) is 4.99 Å². The van der Waals surface area contributed by atoms with Gasteiger partial charge in [0.2, 0.25) is 12.7 Å². The fourth-order valence-electron chi connectivity index (χ4n) is 2.27. The van der Waals surface area contributed by atoms with Crippen molar-refractivity contribution in [3.63, 3.8) is 0 Å². The molecule has 2 aliphatic heterocycles. The van der Waals surface area contributed by atoms with E-state index in [-0.39, 0.29) is 12.5 Å². The predicted octanol–water partition coefficient (Wildman–Crippen LogP) is 2.76. The normalized spacial score (nSPS) is 17.5. The van der Waals surface area contributed by atoms with Crippen molar-refractivity contribution in [2.24, 2.45) is 4.99 Å². The van der Waals surface area contributed by atoms with Crippen molar-refractivity contribution in [1.29, 1.82) is 0 Å². The molecule has 0 N–H and O–H groups in total. The van der Waals surface area contributed by atoms with Crippen molar-refractivity contribution in [2.45, 2.75) is 0 Å². The molecule has 0 spiro atoms. The smallest absolute Gasteiger partial charge is 0.363 e. The van der Waals surface area contributed by atoms with Crippen molar-refractivity contribution in [3.05, 3.63) is 65.4 Å². The van der Waals surface area contributed by atoms with Crippen LogP contribution in [0.25, 0.3) is 6.08 Å². The largest absolute Gasteiger partial charge is 0.457 e. The first kappa shape index (κ1) is 12.6. The van der Waals surface area contributed by atoms with Gasteiger partial charge in [-0.25, -0.2) is 9.79 Å². The van der Waals surface area contributed by atoms with Gasteiger partial charge < -0.3 is 14.2 Å². The van der Waals surface area contributed by atoms with Gasteiger partial charge in [0.05, 0.1) is 0 Å². The predicted molar refractivity (Wildman–Crippen MR) is 79.6 cm³/mol. The molecule has 2 aliphatic rings. The van der Waals surface area contributed by atoms with Crippen LogP contribution < -0.4 is 9.47 Å². The molecule has 0 saturated heterocycles. The summed E-state index contributed by atoms with van der Waals surface area (Å²) >= 11 is 0. The van der Waals surface area contributed by atoms with Crippen LogP contribution in [0.5, 0.6) is 11.5 Å². The topological polar surface area (TPSA) is 57.1 Å². The number of aliphatic imine (C=N–C) groups is 1. The van der Waals surface area contributed by atoms with Gasteiger partial charge in [-0.3, -0.25) is 0 Å². The van der Waals surface area contributed by atoms with E-state index in [9.17, 15) is 4.79 Å². The van der Waals surface area contributed by atoms with Gasteiger partial charge in [-0.15, -0.1) is 0 Å². The second-order valence-electron chi connectivity index (χ2n) is 4.81. The van der Waals surface area contributed by atoms with Crippen LogP contribution in [0, 0.1) is 0 Å². The van der Waals surface area contributed by atoms with Crippen LogP contribution in [-0.2, 0) is 9.53 Å². The number of carbonyl (C=O) groups excluding carboxylic acids is 1. The highest BCUT2D eigenvalue weighted by Gasteiger charge is 2.24. The maximum atomic E-state index is 12.0. The molecule has 22 heavy (non-hydrogen) atoms. The van der Waals surface area contributed by atoms with Crippen molar-refractivity contribution < 1.29 is 19.0 Å². The van der Waals surface area contributed by atoms with Crippen LogP contribution in [0.15, 0.2) is 59.2 Å². The molecule has 0 atom stereocenters. The number of esters is 1. The molecule has 2 bridgehead atoms. The van der Waals surface area contributed by atoms with Gasteiger partial charge in [0.1, 0.15) is 11.5 Å². The van der Waals surface area contributed by atoms with Crippen molar-refractivity contribution in [2.75, 3.05) is 6.79 Å². The minimum atomic E-state index is -0.470. The summed E-state index contributed by atoms with van der Waals surface area (Å²) in [5.41, 5.74) is 1.77. The second-order valence-corrected chi connectivity index (χ2v) is 4.81. The molecule has 0 aliphatic carbocycles. The number of rotatable bonds is 2. The highest BCUT2D eigenvalue weighted by molar-refractivity contribution is 6.12. The van der Waals surface area contributed by atoms with E-state index in [1.165, 1.54) is 0 Å². The zero-order chi connectivity index (χ0) is 14.9. The van der Waals surface area contributed by atoms with Crippen molar-refractivity contribution in [1.82, 2.24) is 0 Å². The summed E-state index contributed by atoms with van der Waals surface area (Å²) < 4.78 is 15.9. The lowest BCUT2D eigenvalue weighted by Crippen LogP contribution is -2.11. The van der Waals surface area contributed by atoms with Crippen molar-refractivity contribution in [3.8, 4) is 11.5 Å². The molecule has 4 rings (SSSR count). The Hall–Kier alpha value is -3.08. The van der Waals surface area contributed by atoms with Crippen LogP contribution in [0.1, 0.15) is 11.1 Å². The number of carbonyl (C=O) groups is 1. The summed E-state index contributed by atoms with van der Waals surface area (Å²) in [5, 5.41) is 0. The Bertz CT molecular complexity index is 809. The summed E-state index contributed by atoms with van der Waals surface area (Å²) in [6.45, 7) is 0.168. The zero-order valence-electron chi connectivity index (χ0n) is 11.5. The number of ether oxygens (including phenoxy) is 3. The summed E-state index contributed by atoms with van der Waals surface area (Å²) in [6, 6.07) is 14.7. The summed E-state index contributed by atoms with van der Waals surface area (Å²) in [7, 11) is 0. The number of cyclic esters (lactones) is 1. The quantitative estimate of drug-likeness (QED) is 0.631. The summed E-state index contributed by atoms with van der Waals surface area (Å²) in [5.74, 6) is 1.24. The van der Waals surface area contributed by atoms with Gasteiger partial charge in [-0.05, 0) is 30.3 Å². The van der Waals surface area contributed by atoms with E-state index in [4.69, 9.17) is 14.2 Å². The highest BCUT2D eigenvalue weighted by atomic mass is 16.7. The van der Waals surface area contributed by atoms with Gasteiger partial charge in [0.15, 0.2) is 5.70 Å². The molecule has 0 unspecified atom stereocenters. The van der Waals surface area contributed by atoms with E-state index in [1.807, 2.05) is 42.5 Å². The molecule has 2 heterocycles. The number of benzene rings is 2. The van der Waals surface area contributed by atoms with Crippen LogP contribution in [0.3, 0.4) is 0 Å². The Morgan fingerprint density at radius 1 is 1.05 bits per heavy atom. The highest BCUT2D eigenvalue weighted by Crippen LogP contribution is 2.31. The van der Waals surface area contributed by atoms with Crippen LogP contribution in [-0.4, -0.2) is 18.7 Å². The Balaban J connectivity index is 1.71. The molecule has 2 aromatic carbocycles. The molecule has 0 aromatic heterocycles. The lowest BCUT2D eigenvalue weighted by atomic mass is 10.1. The van der Waals surface area contributed by atoms with E-state index < -0.39 is 5.97 Å². The Kier molecular flexibility index (Phi) is 2.89. The Labute approximate surface area is 126 Å². The number of fused-ring (bicyclic) bond motifs is 2. The Morgan fingerprint density at radius 2 is 1.91 bits per heavy atom. The number of hydrogen-bond donors (Lipinski definition) is 0. The second kappa shape index (κ2) is 5.04. The summed E-state index contributed by atoms with van der Waals surface area (Å²) in [6.07, 6.45) is 1.66. The van der Waals surface area contributed by atoms with Gasteiger partial charge in [0, 0.05) is 17.2 Å². The first-order chi connectivity index (χ1) is 10.8. The zero-order valence-corrected chi connectivity index (χ0v) is 11.5. The maximum absolute atomic E-state index is 12.0. The molecule has 5 heteroatoms. The van der Waals surface area contributed by atoms with Crippen molar-refractivity contribution >= 4 is 17.9 Å². The monoisotopic (exact) mass is 293 g/mol. The van der Waals surface area contributed by atoms with E-state index in [0.29, 0.717) is 11.6 Å². The average Bonchev–Trinajstić information content (AvgIpc) is 2.92. The SMILES string of the molecule is O=C1OC(c2ccccc2)=N/C1=C\c1ccc2cc1OCO2. The fraction of sp³-hybridized carbons (Fsp3) is 0.0588. The molecule has 0 amide bonds. The van der Waals surface area contributed by atoms with E-state index in [1.54, 1.807) is 12.1 Å². The van der Waals surface area contributed by atoms with Crippen LogP contribution in [0.4, 0.5) is 0 Å². The van der Waals surface area contributed by atoms with Crippen LogP contribution in [0.2, 0.25) is 0 Å². The molecular formula is C17H11NO4. The van der Waals surface area contributed by atoms with Crippen LogP contribution >= 0.6 is 0 Å². The first-order valence-electron chi connectivity index (χ1n) is 6.77. The van der Waals surface area contributed by atoms with E-state index in [0.717, 1.165) is 16.9 Å². The van der Waals surface area contributed by atoms with Gasteiger partial charge in [-0.1, -0.05) is 18.2 Å². The minimum absolute atomic E-state index is 0.168. The van der Waals surface area contributed by atoms with Gasteiger partial charge in [-0.2, -0.15) is 0 Å². The lowest BCUT2D eigenvalue weighted by Gasteiger charge is -2.17. The molecule has 108 valence electrons. The molecular weight excluding hydrogens is 282 g/mol. The first-order valence-corrected chi connectivity index (χ1v) is 6.77. The molecule has 0 saturated carbocycles. The molecule has 0 radical (unpaired) electrons. The third-order valence-corrected chi connectivity index (χ3v) is 3.36. The molecule has 5 nitrogen and oxygen atoms in total.